The molecule has 1 aromatic rings. The van der Waals surface area contributed by atoms with Crippen LogP contribution < -0.4 is 0 Å². The molecule has 0 aliphatic carbocycles. The molecule has 20 heavy (non-hydrogen) atoms. The van der Waals surface area contributed by atoms with Crippen molar-refractivity contribution in [2.45, 2.75) is 39.4 Å². The van der Waals surface area contributed by atoms with Gasteiger partial charge >= 0.3 is 5.97 Å². The molecular weight excluding hydrogens is 252 g/mol. The Labute approximate surface area is 121 Å². The summed E-state index contributed by atoms with van der Waals surface area (Å²) < 4.78 is 0. The average Bonchev–Trinajstić information content (AvgIpc) is 2.42. The molecule has 1 N–H and O–H groups in total. The molecule has 4 nitrogen and oxygen atoms in total. The minimum atomic E-state index is -0.857. The van der Waals surface area contributed by atoms with Gasteiger partial charge in [0.25, 0.3) is 0 Å². The van der Waals surface area contributed by atoms with Crippen LogP contribution in [0.5, 0.6) is 0 Å². The fourth-order valence-corrected chi connectivity index (χ4v) is 2.97. The van der Waals surface area contributed by atoms with Gasteiger partial charge in [-0.15, -0.1) is 0 Å². The Kier molecular flexibility index (Phi) is 4.78. The molecule has 0 bridgehead atoms. The molecule has 1 saturated heterocycles. The van der Waals surface area contributed by atoms with Crippen molar-refractivity contribution in [2.75, 3.05) is 19.6 Å². The van der Waals surface area contributed by atoms with E-state index < -0.39 is 5.97 Å². The van der Waals surface area contributed by atoms with E-state index in [1.165, 1.54) is 0 Å². The molecule has 0 amide bonds. The van der Waals surface area contributed by atoms with Crippen LogP contribution in [0, 0.1) is 0 Å². The SMILES string of the molecule is CCN1CC(C)N(Cc2cccc(C(=O)O)c2)CC1C. The maximum absolute atomic E-state index is 11.0. The lowest BCUT2D eigenvalue weighted by molar-refractivity contribution is 0.0411. The topological polar surface area (TPSA) is 43.8 Å². The van der Waals surface area contributed by atoms with Crippen molar-refractivity contribution in [1.82, 2.24) is 9.80 Å². The minimum Gasteiger partial charge on any atom is -0.478 e. The lowest BCUT2D eigenvalue weighted by Crippen LogP contribution is -2.55. The fraction of sp³-hybridized carbons (Fsp3) is 0.562. The van der Waals surface area contributed by atoms with Gasteiger partial charge in [-0.3, -0.25) is 9.80 Å². The summed E-state index contributed by atoms with van der Waals surface area (Å²) in [5.41, 5.74) is 1.45. The summed E-state index contributed by atoms with van der Waals surface area (Å²) in [7, 11) is 0. The van der Waals surface area contributed by atoms with Gasteiger partial charge in [0, 0.05) is 31.7 Å². The molecule has 1 heterocycles. The smallest absolute Gasteiger partial charge is 0.335 e. The fourth-order valence-electron chi connectivity index (χ4n) is 2.97. The average molecular weight is 276 g/mol. The first-order valence-corrected chi connectivity index (χ1v) is 7.31. The number of piperazine rings is 1. The summed E-state index contributed by atoms with van der Waals surface area (Å²) >= 11 is 0. The molecule has 1 aromatic carbocycles. The first-order valence-electron chi connectivity index (χ1n) is 7.31. The van der Waals surface area contributed by atoms with Gasteiger partial charge in [-0.05, 0) is 38.1 Å². The van der Waals surface area contributed by atoms with Gasteiger partial charge in [0.15, 0.2) is 0 Å². The zero-order chi connectivity index (χ0) is 14.7. The van der Waals surface area contributed by atoms with Gasteiger partial charge < -0.3 is 5.11 Å². The zero-order valence-electron chi connectivity index (χ0n) is 12.5. The second kappa shape index (κ2) is 6.37. The van der Waals surface area contributed by atoms with Gasteiger partial charge in [-0.1, -0.05) is 19.1 Å². The summed E-state index contributed by atoms with van der Waals surface area (Å²) in [6.45, 7) is 10.7. The zero-order valence-corrected chi connectivity index (χ0v) is 12.5. The van der Waals surface area contributed by atoms with Crippen molar-refractivity contribution in [2.24, 2.45) is 0 Å². The summed E-state index contributed by atoms with van der Waals surface area (Å²) in [6, 6.07) is 8.32. The van der Waals surface area contributed by atoms with Crippen molar-refractivity contribution in [3.63, 3.8) is 0 Å². The number of hydrogen-bond acceptors (Lipinski definition) is 3. The Morgan fingerprint density at radius 2 is 1.90 bits per heavy atom. The molecule has 4 heteroatoms. The Morgan fingerprint density at radius 3 is 2.55 bits per heavy atom. The normalized spacial score (nSPS) is 24.8. The first-order chi connectivity index (χ1) is 9.51. The van der Waals surface area contributed by atoms with Gasteiger partial charge in [0.1, 0.15) is 0 Å². The predicted molar refractivity (Wildman–Crippen MR) is 80.0 cm³/mol. The molecule has 110 valence electrons. The van der Waals surface area contributed by atoms with E-state index in [0.717, 1.165) is 31.7 Å². The maximum atomic E-state index is 11.0. The molecule has 1 aliphatic rings. The monoisotopic (exact) mass is 276 g/mol. The number of carboxylic acids is 1. The number of aromatic carboxylic acids is 1. The van der Waals surface area contributed by atoms with E-state index in [4.69, 9.17) is 5.11 Å². The Hall–Kier alpha value is -1.39. The highest BCUT2D eigenvalue weighted by Gasteiger charge is 2.27. The summed E-state index contributed by atoms with van der Waals surface area (Å²) in [6.07, 6.45) is 0. The van der Waals surface area contributed by atoms with E-state index in [-0.39, 0.29) is 0 Å². The maximum Gasteiger partial charge on any atom is 0.335 e. The second-order valence-electron chi connectivity index (χ2n) is 5.72. The molecule has 0 radical (unpaired) electrons. The summed E-state index contributed by atoms with van der Waals surface area (Å²) in [5, 5.41) is 9.06. The highest BCUT2D eigenvalue weighted by Crippen LogP contribution is 2.18. The van der Waals surface area contributed by atoms with E-state index in [2.05, 4.69) is 30.6 Å². The molecule has 2 atom stereocenters. The van der Waals surface area contributed by atoms with Crippen LogP contribution >= 0.6 is 0 Å². The van der Waals surface area contributed by atoms with Crippen LogP contribution in [0.2, 0.25) is 0 Å². The quantitative estimate of drug-likeness (QED) is 0.916. The Balaban J connectivity index is 2.06. The number of likely N-dealkylation sites (N-methyl/N-ethyl adjacent to an activating group) is 1. The highest BCUT2D eigenvalue weighted by atomic mass is 16.4. The van der Waals surface area contributed by atoms with Gasteiger partial charge in [-0.25, -0.2) is 4.79 Å². The van der Waals surface area contributed by atoms with E-state index in [0.29, 0.717) is 17.6 Å². The molecule has 0 saturated carbocycles. The number of rotatable bonds is 4. The molecule has 1 aliphatic heterocycles. The van der Waals surface area contributed by atoms with Crippen LogP contribution in [-0.2, 0) is 6.54 Å². The number of hydrogen-bond donors (Lipinski definition) is 1. The van der Waals surface area contributed by atoms with E-state index in [1.54, 1.807) is 12.1 Å². The van der Waals surface area contributed by atoms with Gasteiger partial charge in [-0.2, -0.15) is 0 Å². The van der Waals surface area contributed by atoms with Crippen LogP contribution in [0.3, 0.4) is 0 Å². The third-order valence-electron chi connectivity index (χ3n) is 4.21. The summed E-state index contributed by atoms with van der Waals surface area (Å²) in [5.74, 6) is -0.857. The van der Waals surface area contributed by atoms with Crippen LogP contribution in [-0.4, -0.2) is 52.6 Å². The minimum absolute atomic E-state index is 0.371. The molecule has 0 spiro atoms. The van der Waals surface area contributed by atoms with Crippen molar-refractivity contribution in [3.05, 3.63) is 35.4 Å². The van der Waals surface area contributed by atoms with E-state index >= 15 is 0 Å². The Bertz CT molecular complexity index is 475. The lowest BCUT2D eigenvalue weighted by Gasteiger charge is -2.43. The van der Waals surface area contributed by atoms with Crippen molar-refractivity contribution in [3.8, 4) is 0 Å². The van der Waals surface area contributed by atoms with Crippen molar-refractivity contribution < 1.29 is 9.90 Å². The predicted octanol–water partition coefficient (Wildman–Crippen LogP) is 2.30. The Morgan fingerprint density at radius 1 is 1.25 bits per heavy atom. The molecule has 1 fully saturated rings. The standard InChI is InChI=1S/C16H24N2O2/c1-4-17-9-13(3)18(10-12(17)2)11-14-6-5-7-15(8-14)16(19)20/h5-8,12-13H,4,9-11H2,1-3H3,(H,19,20). The first kappa shape index (κ1) is 15.0. The van der Waals surface area contributed by atoms with Crippen LogP contribution in [0.25, 0.3) is 0 Å². The van der Waals surface area contributed by atoms with E-state index in [9.17, 15) is 4.79 Å². The number of nitrogens with zero attached hydrogens (tertiary/aromatic N) is 2. The largest absolute Gasteiger partial charge is 0.478 e. The third kappa shape index (κ3) is 3.38. The van der Waals surface area contributed by atoms with Crippen LogP contribution in [0.1, 0.15) is 36.7 Å². The van der Waals surface area contributed by atoms with E-state index in [1.807, 2.05) is 12.1 Å². The molecule has 2 unspecified atom stereocenters. The number of carboxylic acid groups (broad SMARTS) is 1. The highest BCUT2D eigenvalue weighted by molar-refractivity contribution is 5.87. The van der Waals surface area contributed by atoms with Crippen molar-refractivity contribution in [1.29, 1.82) is 0 Å². The van der Waals surface area contributed by atoms with Gasteiger partial charge in [0.2, 0.25) is 0 Å². The molecule has 0 aromatic heterocycles. The third-order valence-corrected chi connectivity index (χ3v) is 4.21. The molecule has 2 rings (SSSR count). The van der Waals surface area contributed by atoms with Crippen LogP contribution in [0.4, 0.5) is 0 Å². The number of carbonyl (C=O) groups is 1. The summed E-state index contributed by atoms with van der Waals surface area (Å²) in [4.78, 5) is 16.0. The second-order valence-corrected chi connectivity index (χ2v) is 5.72. The molecular formula is C16H24N2O2. The van der Waals surface area contributed by atoms with Crippen LogP contribution in [0.15, 0.2) is 24.3 Å². The van der Waals surface area contributed by atoms with Gasteiger partial charge in [0.05, 0.1) is 5.56 Å². The number of benzene rings is 1. The van der Waals surface area contributed by atoms with Crippen molar-refractivity contribution >= 4 is 5.97 Å². The lowest BCUT2D eigenvalue weighted by atomic mass is 10.1.